The highest BCUT2D eigenvalue weighted by Crippen LogP contribution is 2.57. The van der Waals surface area contributed by atoms with Crippen molar-refractivity contribution in [2.45, 2.75) is 20.8 Å². The molecule has 1 saturated carbocycles. The summed E-state index contributed by atoms with van der Waals surface area (Å²) in [6, 6.07) is 0. The lowest BCUT2D eigenvalue weighted by molar-refractivity contribution is -0.138. The summed E-state index contributed by atoms with van der Waals surface area (Å²) in [5, 5.41) is 0. The fraction of sp³-hybridized carbons (Fsp3) is 0.600. The minimum atomic E-state index is -0.533. The van der Waals surface area contributed by atoms with Crippen molar-refractivity contribution in [3.63, 3.8) is 0 Å². The maximum absolute atomic E-state index is 11.5. The summed E-state index contributed by atoms with van der Waals surface area (Å²) in [6.45, 7) is 5.83. The van der Waals surface area contributed by atoms with Crippen LogP contribution < -0.4 is 0 Å². The van der Waals surface area contributed by atoms with Crippen molar-refractivity contribution >= 4 is 11.6 Å². The topological polar surface area (TPSA) is 34.1 Å². The average molecular weight is 164 g/mol. The Labute approximate surface area is 71.6 Å². The van der Waals surface area contributed by atoms with Crippen molar-refractivity contribution in [2.75, 3.05) is 0 Å². The van der Waals surface area contributed by atoms with Crippen LogP contribution in [0.25, 0.3) is 0 Å². The molecule has 0 saturated heterocycles. The normalized spacial score (nSPS) is 42.8. The van der Waals surface area contributed by atoms with E-state index in [0.29, 0.717) is 0 Å². The first-order valence-corrected chi connectivity index (χ1v) is 4.19. The number of rotatable bonds is 0. The predicted octanol–water partition coefficient (Wildman–Crippen LogP) is 1.36. The van der Waals surface area contributed by atoms with E-state index in [-0.39, 0.29) is 22.9 Å². The molecule has 2 nitrogen and oxygen atoms in total. The van der Waals surface area contributed by atoms with Crippen LogP contribution in [0.1, 0.15) is 20.8 Å². The number of carbonyl (C=O) groups excluding carboxylic acids is 2. The van der Waals surface area contributed by atoms with Crippen LogP contribution in [-0.2, 0) is 9.59 Å². The molecule has 0 amide bonds. The molecule has 0 aliphatic heterocycles. The standard InChI is InChI=1S/C10H12O2/c1-9(2)6-4-5-10(9,3)8(12)7(6)11/h4-6H,1-3H3. The molecule has 64 valence electrons. The second-order valence-electron chi connectivity index (χ2n) is 4.45. The summed E-state index contributed by atoms with van der Waals surface area (Å²) in [6.07, 6.45) is 3.77. The van der Waals surface area contributed by atoms with Crippen molar-refractivity contribution in [3.8, 4) is 0 Å². The van der Waals surface area contributed by atoms with Gasteiger partial charge in [0.1, 0.15) is 0 Å². The monoisotopic (exact) mass is 164 g/mol. The number of Topliss-reactive ketones (excluding diaryl/α,β-unsaturated/α-hetero) is 2. The van der Waals surface area contributed by atoms with E-state index in [0.717, 1.165) is 0 Å². The zero-order valence-electron chi connectivity index (χ0n) is 7.55. The molecule has 12 heavy (non-hydrogen) atoms. The molecule has 0 aromatic carbocycles. The number of fused-ring (bicyclic) bond motifs is 2. The van der Waals surface area contributed by atoms with Crippen LogP contribution in [0.4, 0.5) is 0 Å². The van der Waals surface area contributed by atoms with Crippen molar-refractivity contribution < 1.29 is 9.59 Å². The molecule has 2 aliphatic carbocycles. The third-order valence-electron chi connectivity index (χ3n) is 3.72. The van der Waals surface area contributed by atoms with Gasteiger partial charge in [-0.1, -0.05) is 26.0 Å². The average Bonchev–Trinajstić information content (AvgIpc) is 2.26. The lowest BCUT2D eigenvalue weighted by Gasteiger charge is -2.30. The van der Waals surface area contributed by atoms with Crippen molar-refractivity contribution in [1.82, 2.24) is 0 Å². The summed E-state index contributed by atoms with van der Waals surface area (Å²) in [5.74, 6) is -0.583. The Bertz CT molecular complexity index is 312. The van der Waals surface area contributed by atoms with E-state index in [1.165, 1.54) is 0 Å². The number of ketones is 2. The van der Waals surface area contributed by atoms with Crippen molar-refractivity contribution in [2.24, 2.45) is 16.7 Å². The molecule has 0 aromatic heterocycles. The number of carbonyl (C=O) groups is 2. The third kappa shape index (κ3) is 0.510. The smallest absolute Gasteiger partial charge is 0.209 e. The van der Waals surface area contributed by atoms with Crippen LogP contribution in [0, 0.1) is 16.7 Å². The van der Waals surface area contributed by atoms with Gasteiger partial charge < -0.3 is 0 Å². The Morgan fingerprint density at radius 2 is 1.83 bits per heavy atom. The summed E-state index contributed by atoms with van der Waals surface area (Å²) < 4.78 is 0. The van der Waals surface area contributed by atoms with Gasteiger partial charge in [0.25, 0.3) is 0 Å². The van der Waals surface area contributed by atoms with E-state index >= 15 is 0 Å². The molecule has 0 radical (unpaired) electrons. The maximum atomic E-state index is 11.5. The molecule has 2 atom stereocenters. The van der Waals surface area contributed by atoms with Crippen LogP contribution in [0.5, 0.6) is 0 Å². The maximum Gasteiger partial charge on any atom is 0.209 e. The van der Waals surface area contributed by atoms with Gasteiger partial charge in [0, 0.05) is 5.92 Å². The highest BCUT2D eigenvalue weighted by Gasteiger charge is 2.63. The van der Waals surface area contributed by atoms with Gasteiger partial charge in [0.2, 0.25) is 11.6 Å². The summed E-state index contributed by atoms with van der Waals surface area (Å²) in [4.78, 5) is 22.9. The van der Waals surface area contributed by atoms with Gasteiger partial charge in [0.15, 0.2) is 0 Å². The molecule has 2 unspecified atom stereocenters. The van der Waals surface area contributed by atoms with Crippen LogP contribution in [-0.4, -0.2) is 11.6 Å². The van der Waals surface area contributed by atoms with Gasteiger partial charge in [0.05, 0.1) is 5.41 Å². The SMILES string of the molecule is CC12C=CC(C(=O)C1=O)C2(C)C. The van der Waals surface area contributed by atoms with Gasteiger partial charge in [-0.3, -0.25) is 9.59 Å². The lowest BCUT2D eigenvalue weighted by Crippen LogP contribution is -2.32. The Kier molecular flexibility index (Phi) is 1.10. The Hall–Kier alpha value is -0.920. The molecule has 1 fully saturated rings. The molecule has 0 aromatic rings. The molecule has 2 bridgehead atoms. The lowest BCUT2D eigenvalue weighted by atomic mass is 9.70. The van der Waals surface area contributed by atoms with Crippen molar-refractivity contribution in [3.05, 3.63) is 12.2 Å². The number of allylic oxidation sites excluding steroid dienone is 2. The first-order chi connectivity index (χ1) is 5.41. The fourth-order valence-corrected chi connectivity index (χ4v) is 2.25. The summed E-state index contributed by atoms with van der Waals surface area (Å²) in [7, 11) is 0. The van der Waals surface area contributed by atoms with E-state index in [1.54, 1.807) is 0 Å². The van der Waals surface area contributed by atoms with Crippen LogP contribution in [0.15, 0.2) is 12.2 Å². The zero-order valence-corrected chi connectivity index (χ0v) is 7.55. The minimum Gasteiger partial charge on any atom is -0.290 e. The summed E-state index contributed by atoms with van der Waals surface area (Å²) >= 11 is 0. The zero-order chi connectivity index (χ0) is 9.15. The minimum absolute atomic E-state index is 0.171. The van der Waals surface area contributed by atoms with Gasteiger partial charge in [-0.15, -0.1) is 0 Å². The van der Waals surface area contributed by atoms with E-state index in [1.807, 2.05) is 32.9 Å². The Morgan fingerprint density at radius 3 is 2.08 bits per heavy atom. The first kappa shape index (κ1) is 7.71. The highest BCUT2D eigenvalue weighted by atomic mass is 16.2. The van der Waals surface area contributed by atoms with Crippen LogP contribution in [0.3, 0.4) is 0 Å². The van der Waals surface area contributed by atoms with E-state index < -0.39 is 5.41 Å². The predicted molar refractivity (Wildman–Crippen MR) is 44.5 cm³/mol. The van der Waals surface area contributed by atoms with Crippen molar-refractivity contribution in [1.29, 1.82) is 0 Å². The molecule has 0 heterocycles. The van der Waals surface area contributed by atoms with Crippen LogP contribution >= 0.6 is 0 Å². The molecular formula is C10H12O2. The Morgan fingerprint density at radius 1 is 1.25 bits per heavy atom. The molecular weight excluding hydrogens is 152 g/mol. The third-order valence-corrected chi connectivity index (χ3v) is 3.72. The van der Waals surface area contributed by atoms with Gasteiger partial charge in [-0.05, 0) is 12.3 Å². The highest BCUT2D eigenvalue weighted by molar-refractivity contribution is 6.44. The number of hydrogen-bond donors (Lipinski definition) is 0. The molecule has 2 heteroatoms. The van der Waals surface area contributed by atoms with Gasteiger partial charge >= 0.3 is 0 Å². The van der Waals surface area contributed by atoms with Crippen LogP contribution in [0.2, 0.25) is 0 Å². The van der Waals surface area contributed by atoms with E-state index in [2.05, 4.69) is 0 Å². The first-order valence-electron chi connectivity index (χ1n) is 4.19. The molecule has 2 rings (SSSR count). The molecule has 0 N–H and O–H groups in total. The second-order valence-corrected chi connectivity index (χ2v) is 4.45. The second kappa shape index (κ2) is 1.70. The van der Waals surface area contributed by atoms with E-state index in [9.17, 15) is 9.59 Å². The Balaban J connectivity index is 2.65. The van der Waals surface area contributed by atoms with Gasteiger partial charge in [-0.25, -0.2) is 0 Å². The van der Waals surface area contributed by atoms with Gasteiger partial charge in [-0.2, -0.15) is 0 Å². The quantitative estimate of drug-likeness (QED) is 0.400. The van der Waals surface area contributed by atoms with E-state index in [4.69, 9.17) is 0 Å². The molecule has 2 aliphatic rings. The fourth-order valence-electron chi connectivity index (χ4n) is 2.25. The number of hydrogen-bond acceptors (Lipinski definition) is 2. The largest absolute Gasteiger partial charge is 0.290 e. The summed E-state index contributed by atoms with van der Waals surface area (Å²) in [5.41, 5.74) is -0.740. The molecule has 0 spiro atoms.